The van der Waals surface area contributed by atoms with Gasteiger partial charge in [0.1, 0.15) is 6.54 Å². The summed E-state index contributed by atoms with van der Waals surface area (Å²) in [5.41, 5.74) is 0. The number of rotatable bonds is 2. The first kappa shape index (κ1) is 7.78. The fraction of sp³-hybridized carbons (Fsp3) is 0.286. The Kier molecular flexibility index (Phi) is 1.94. The molecule has 1 fully saturated rings. The molecule has 0 aromatic heterocycles. The summed E-state index contributed by atoms with van der Waals surface area (Å²) >= 11 is 0. The highest BCUT2D eigenvalue weighted by atomic mass is 16.2. The molecule has 11 heavy (non-hydrogen) atoms. The van der Waals surface area contributed by atoms with Crippen LogP contribution < -0.4 is 0 Å². The highest BCUT2D eigenvalue weighted by Gasteiger charge is 2.31. The van der Waals surface area contributed by atoms with Crippen LogP contribution in [-0.4, -0.2) is 34.8 Å². The van der Waals surface area contributed by atoms with Gasteiger partial charge >= 0.3 is 6.03 Å². The Balaban J connectivity index is 2.66. The van der Waals surface area contributed by atoms with Crippen molar-refractivity contribution < 1.29 is 9.59 Å². The highest BCUT2D eigenvalue weighted by Crippen LogP contribution is 2.07. The van der Waals surface area contributed by atoms with E-state index in [0.29, 0.717) is 6.54 Å². The third-order valence-corrected chi connectivity index (χ3v) is 1.48. The molecule has 0 aliphatic carbocycles. The molecule has 0 saturated carbocycles. The Hall–Kier alpha value is -1.32. The largest absolute Gasteiger partial charge is 0.327 e. The molecule has 4 nitrogen and oxygen atoms in total. The van der Waals surface area contributed by atoms with Gasteiger partial charge in [-0.2, -0.15) is 0 Å². The SMILES string of the molecule is [CH2]N1C(=O)CN(CC=C)C1=O. The van der Waals surface area contributed by atoms with Crippen LogP contribution in [0.15, 0.2) is 12.7 Å². The second-order valence-electron chi connectivity index (χ2n) is 2.27. The van der Waals surface area contributed by atoms with Gasteiger partial charge in [-0.15, -0.1) is 6.58 Å². The molecule has 0 unspecified atom stereocenters. The Labute approximate surface area is 65.1 Å². The molecule has 59 valence electrons. The lowest BCUT2D eigenvalue weighted by molar-refractivity contribution is -0.123. The molecule has 1 heterocycles. The van der Waals surface area contributed by atoms with Crippen LogP contribution in [0, 0.1) is 7.05 Å². The van der Waals surface area contributed by atoms with Gasteiger partial charge in [-0.05, 0) is 0 Å². The maximum Gasteiger partial charge on any atom is 0.327 e. The minimum atomic E-state index is -0.352. The van der Waals surface area contributed by atoms with Gasteiger partial charge in [0.15, 0.2) is 0 Å². The summed E-state index contributed by atoms with van der Waals surface area (Å²) in [7, 11) is 3.29. The number of amides is 3. The van der Waals surface area contributed by atoms with Gasteiger partial charge in [-0.3, -0.25) is 9.69 Å². The van der Waals surface area contributed by atoms with E-state index in [1.807, 2.05) is 0 Å². The summed E-state index contributed by atoms with van der Waals surface area (Å²) in [5.74, 6) is -0.267. The number of hydrogen-bond acceptors (Lipinski definition) is 2. The number of carbonyl (C=O) groups excluding carboxylic acids is 2. The van der Waals surface area contributed by atoms with Gasteiger partial charge in [0.05, 0.1) is 0 Å². The van der Waals surface area contributed by atoms with Gasteiger partial charge in [-0.25, -0.2) is 4.79 Å². The maximum absolute atomic E-state index is 11.0. The van der Waals surface area contributed by atoms with Gasteiger partial charge < -0.3 is 4.90 Å². The summed E-state index contributed by atoms with van der Waals surface area (Å²) in [6.07, 6.45) is 1.57. The molecule has 3 amide bonds. The Morgan fingerprint density at radius 3 is 2.55 bits per heavy atom. The van der Waals surface area contributed by atoms with E-state index in [2.05, 4.69) is 13.6 Å². The molecule has 4 heteroatoms. The average Bonchev–Trinajstić information content (AvgIpc) is 2.19. The number of urea groups is 1. The van der Waals surface area contributed by atoms with Crippen molar-refractivity contribution in [2.75, 3.05) is 13.1 Å². The summed E-state index contributed by atoms with van der Waals surface area (Å²) in [4.78, 5) is 24.1. The van der Waals surface area contributed by atoms with Crippen molar-refractivity contribution in [1.29, 1.82) is 0 Å². The zero-order chi connectivity index (χ0) is 8.43. The molecule has 1 radical (unpaired) electrons. The van der Waals surface area contributed by atoms with Crippen LogP contribution in [0.4, 0.5) is 4.79 Å². The Morgan fingerprint density at radius 2 is 2.18 bits per heavy atom. The lowest BCUT2D eigenvalue weighted by atomic mass is 10.5. The van der Waals surface area contributed by atoms with Crippen molar-refractivity contribution in [3.8, 4) is 0 Å². The average molecular weight is 153 g/mol. The summed E-state index contributed by atoms with van der Waals surface area (Å²) < 4.78 is 0. The maximum atomic E-state index is 11.0. The summed E-state index contributed by atoms with van der Waals surface area (Å²) in [5, 5.41) is 0. The lowest BCUT2D eigenvalue weighted by Gasteiger charge is -2.10. The van der Waals surface area contributed by atoms with E-state index in [0.717, 1.165) is 4.90 Å². The van der Waals surface area contributed by atoms with Crippen LogP contribution in [0.2, 0.25) is 0 Å². The first-order valence-electron chi connectivity index (χ1n) is 3.20. The van der Waals surface area contributed by atoms with Crippen molar-refractivity contribution in [3.05, 3.63) is 19.7 Å². The van der Waals surface area contributed by atoms with E-state index in [1.54, 1.807) is 6.08 Å². The molecule has 0 aromatic rings. The normalized spacial score (nSPS) is 17.9. The van der Waals surface area contributed by atoms with E-state index in [1.165, 1.54) is 4.90 Å². The minimum absolute atomic E-state index is 0.119. The fourth-order valence-electron chi connectivity index (χ4n) is 0.892. The summed E-state index contributed by atoms with van der Waals surface area (Å²) in [6, 6.07) is -0.352. The first-order chi connectivity index (χ1) is 5.16. The predicted molar refractivity (Wildman–Crippen MR) is 39.4 cm³/mol. The standard InChI is InChI=1S/C7H9N2O2/c1-3-4-9-5-6(10)8(2)7(9)11/h3H,1-2,4-5H2. The van der Waals surface area contributed by atoms with Gasteiger partial charge in [0, 0.05) is 13.6 Å². The Bertz CT molecular complexity index is 212. The molecule has 0 bridgehead atoms. The van der Waals surface area contributed by atoms with Crippen molar-refractivity contribution in [2.24, 2.45) is 0 Å². The van der Waals surface area contributed by atoms with Crippen LogP contribution in [0.3, 0.4) is 0 Å². The number of hydrogen-bond donors (Lipinski definition) is 0. The van der Waals surface area contributed by atoms with E-state index in [4.69, 9.17) is 0 Å². The van der Waals surface area contributed by atoms with Crippen molar-refractivity contribution in [1.82, 2.24) is 9.80 Å². The smallest absolute Gasteiger partial charge is 0.311 e. The third-order valence-electron chi connectivity index (χ3n) is 1.48. The van der Waals surface area contributed by atoms with Crippen molar-refractivity contribution in [3.63, 3.8) is 0 Å². The molecule has 1 rings (SSSR count). The molecule has 1 aliphatic heterocycles. The van der Waals surface area contributed by atoms with E-state index in [9.17, 15) is 9.59 Å². The van der Waals surface area contributed by atoms with Gasteiger partial charge in [-0.1, -0.05) is 6.08 Å². The molecule has 1 aliphatic rings. The predicted octanol–water partition coefficient (Wildman–Crippen LogP) is 0.228. The zero-order valence-corrected chi connectivity index (χ0v) is 6.12. The molecule has 0 aromatic carbocycles. The number of nitrogens with zero attached hydrogens (tertiary/aromatic N) is 2. The van der Waals surface area contributed by atoms with Gasteiger partial charge in [0.25, 0.3) is 0 Å². The van der Waals surface area contributed by atoms with E-state index < -0.39 is 0 Å². The van der Waals surface area contributed by atoms with E-state index in [-0.39, 0.29) is 18.5 Å². The van der Waals surface area contributed by atoms with E-state index >= 15 is 0 Å². The lowest BCUT2D eigenvalue weighted by Crippen LogP contribution is -2.28. The van der Waals surface area contributed by atoms with Crippen LogP contribution >= 0.6 is 0 Å². The molecular weight excluding hydrogens is 144 g/mol. The van der Waals surface area contributed by atoms with Crippen LogP contribution in [0.25, 0.3) is 0 Å². The molecule has 0 atom stereocenters. The van der Waals surface area contributed by atoms with Crippen molar-refractivity contribution >= 4 is 11.9 Å². The van der Waals surface area contributed by atoms with Crippen molar-refractivity contribution in [2.45, 2.75) is 0 Å². The highest BCUT2D eigenvalue weighted by molar-refractivity contribution is 6.02. The quantitative estimate of drug-likeness (QED) is 0.421. The zero-order valence-electron chi connectivity index (χ0n) is 6.12. The molecule has 0 N–H and O–H groups in total. The fourth-order valence-corrected chi connectivity index (χ4v) is 0.892. The monoisotopic (exact) mass is 153 g/mol. The minimum Gasteiger partial charge on any atom is -0.311 e. The summed E-state index contributed by atoms with van der Waals surface area (Å²) in [6.45, 7) is 3.98. The molecular formula is C7H9N2O2. The second-order valence-corrected chi connectivity index (χ2v) is 2.27. The topological polar surface area (TPSA) is 40.6 Å². The third kappa shape index (κ3) is 1.24. The van der Waals surface area contributed by atoms with Crippen LogP contribution in [0.1, 0.15) is 0 Å². The first-order valence-corrected chi connectivity index (χ1v) is 3.20. The molecule has 1 saturated heterocycles. The number of imide groups is 1. The molecule has 0 spiro atoms. The van der Waals surface area contributed by atoms with Crippen LogP contribution in [0.5, 0.6) is 0 Å². The number of carbonyl (C=O) groups is 2. The Morgan fingerprint density at radius 1 is 1.55 bits per heavy atom. The van der Waals surface area contributed by atoms with Gasteiger partial charge in [0.2, 0.25) is 5.91 Å². The van der Waals surface area contributed by atoms with Crippen LogP contribution in [-0.2, 0) is 4.79 Å². The second kappa shape index (κ2) is 2.74.